The number of anilines is 2. The molecule has 1 aliphatic rings. The lowest BCUT2D eigenvalue weighted by Crippen LogP contribution is -2.37. The number of aryl methyl sites for hydroxylation is 4. The SMILES string of the molecule is Cc1cc(C)cc(N2CC(c3nnc(NC(=O)CCn4cnc5c4c(=O)n(C)c(=O)n5C)s3)CC2=O)c1. The molecule has 4 heterocycles. The Balaban J connectivity index is 1.24. The van der Waals surface area contributed by atoms with E-state index in [1.54, 1.807) is 16.5 Å². The second-order valence-corrected chi connectivity index (χ2v) is 10.3. The van der Waals surface area contributed by atoms with E-state index in [1.807, 2.05) is 26.0 Å². The van der Waals surface area contributed by atoms with E-state index in [-0.39, 0.29) is 41.9 Å². The lowest BCUT2D eigenvalue weighted by molar-refractivity contribution is -0.117. The van der Waals surface area contributed by atoms with Crippen molar-refractivity contribution in [3.8, 4) is 0 Å². The first kappa shape index (κ1) is 24.6. The Hall–Kier alpha value is -4.13. The van der Waals surface area contributed by atoms with Crippen LogP contribution in [0, 0.1) is 13.8 Å². The molecule has 0 aliphatic carbocycles. The Morgan fingerprint density at radius 2 is 1.81 bits per heavy atom. The Morgan fingerprint density at radius 3 is 2.54 bits per heavy atom. The smallest absolute Gasteiger partial charge is 0.324 e. The lowest BCUT2D eigenvalue weighted by Gasteiger charge is -2.17. The van der Waals surface area contributed by atoms with Crippen LogP contribution in [0.4, 0.5) is 10.8 Å². The number of hydrogen-bond acceptors (Lipinski definition) is 8. The van der Waals surface area contributed by atoms with Gasteiger partial charge in [-0.2, -0.15) is 0 Å². The average Bonchev–Trinajstić information content (AvgIpc) is 3.58. The van der Waals surface area contributed by atoms with E-state index in [0.717, 1.165) is 21.4 Å². The van der Waals surface area contributed by atoms with Gasteiger partial charge in [0.1, 0.15) is 5.01 Å². The van der Waals surface area contributed by atoms with Crippen LogP contribution in [-0.4, -0.2) is 47.2 Å². The number of hydrogen-bond donors (Lipinski definition) is 1. The van der Waals surface area contributed by atoms with E-state index in [9.17, 15) is 19.2 Å². The number of aromatic nitrogens is 6. The molecular formula is C24H26N8O4S. The Labute approximate surface area is 215 Å². The third-order valence-corrected chi connectivity index (χ3v) is 7.48. The number of benzene rings is 1. The van der Waals surface area contributed by atoms with E-state index in [1.165, 1.54) is 29.3 Å². The van der Waals surface area contributed by atoms with Crippen LogP contribution in [-0.2, 0) is 30.2 Å². The molecule has 1 fully saturated rings. The zero-order valence-corrected chi connectivity index (χ0v) is 21.7. The Kier molecular flexibility index (Phi) is 6.23. The van der Waals surface area contributed by atoms with Crippen LogP contribution in [0.3, 0.4) is 0 Å². The molecule has 1 saturated heterocycles. The number of carbonyl (C=O) groups is 2. The molecule has 37 heavy (non-hydrogen) atoms. The van der Waals surface area contributed by atoms with Crippen molar-refractivity contribution < 1.29 is 9.59 Å². The molecule has 0 saturated carbocycles. The van der Waals surface area contributed by atoms with Crippen LogP contribution in [0.15, 0.2) is 34.1 Å². The highest BCUT2D eigenvalue weighted by atomic mass is 32.1. The number of rotatable bonds is 6. The quantitative estimate of drug-likeness (QED) is 0.405. The fourth-order valence-electron chi connectivity index (χ4n) is 4.65. The van der Waals surface area contributed by atoms with Crippen molar-refractivity contribution >= 4 is 45.1 Å². The molecule has 192 valence electrons. The highest BCUT2D eigenvalue weighted by molar-refractivity contribution is 7.15. The number of fused-ring (bicyclic) bond motifs is 1. The summed E-state index contributed by atoms with van der Waals surface area (Å²) < 4.78 is 3.87. The summed E-state index contributed by atoms with van der Waals surface area (Å²) in [6.45, 7) is 4.72. The number of nitrogens with one attached hydrogen (secondary N) is 1. The summed E-state index contributed by atoms with van der Waals surface area (Å²) in [5.41, 5.74) is 2.67. The number of imidazole rings is 1. The van der Waals surface area contributed by atoms with Crippen molar-refractivity contribution in [3.63, 3.8) is 0 Å². The van der Waals surface area contributed by atoms with Crippen molar-refractivity contribution in [1.29, 1.82) is 0 Å². The molecule has 0 bridgehead atoms. The standard InChI is InChI=1S/C24H26N8O4S/c1-13-7-14(2)9-16(8-13)32-11-15(10-18(32)34)21-27-28-23(37-21)26-17(33)5-6-31-12-25-20-19(31)22(35)30(4)24(36)29(20)3/h7-9,12,15H,5-6,10-11H2,1-4H3,(H,26,28,33). The molecule has 1 N–H and O–H groups in total. The van der Waals surface area contributed by atoms with Gasteiger partial charge in [-0.3, -0.25) is 23.5 Å². The van der Waals surface area contributed by atoms with Gasteiger partial charge in [0, 0.05) is 51.6 Å². The first-order valence-corrected chi connectivity index (χ1v) is 12.6. The molecule has 5 rings (SSSR count). The number of carbonyl (C=O) groups excluding carboxylic acids is 2. The van der Waals surface area contributed by atoms with E-state index < -0.39 is 11.2 Å². The van der Waals surface area contributed by atoms with Crippen molar-refractivity contribution in [3.05, 3.63) is 61.5 Å². The number of amides is 2. The van der Waals surface area contributed by atoms with Crippen LogP contribution in [0.25, 0.3) is 11.2 Å². The van der Waals surface area contributed by atoms with Crippen LogP contribution in [0.2, 0.25) is 0 Å². The zero-order valence-electron chi connectivity index (χ0n) is 20.9. The minimum atomic E-state index is -0.467. The van der Waals surface area contributed by atoms with Gasteiger partial charge < -0.3 is 14.8 Å². The fraction of sp³-hybridized carbons (Fsp3) is 0.375. The zero-order chi connectivity index (χ0) is 26.4. The number of nitrogens with zero attached hydrogens (tertiary/aromatic N) is 7. The fourth-order valence-corrected chi connectivity index (χ4v) is 5.50. The summed E-state index contributed by atoms with van der Waals surface area (Å²) in [4.78, 5) is 55.9. The van der Waals surface area contributed by atoms with Crippen molar-refractivity contribution in [2.75, 3.05) is 16.8 Å². The van der Waals surface area contributed by atoms with E-state index in [2.05, 4.69) is 26.6 Å². The van der Waals surface area contributed by atoms with Gasteiger partial charge >= 0.3 is 5.69 Å². The van der Waals surface area contributed by atoms with Crippen LogP contribution >= 0.6 is 11.3 Å². The molecule has 0 radical (unpaired) electrons. The molecular weight excluding hydrogens is 496 g/mol. The summed E-state index contributed by atoms with van der Waals surface area (Å²) in [6, 6.07) is 6.06. The van der Waals surface area contributed by atoms with Gasteiger partial charge in [-0.05, 0) is 37.1 Å². The maximum atomic E-state index is 12.7. The van der Waals surface area contributed by atoms with Gasteiger partial charge in [0.05, 0.1) is 6.33 Å². The van der Waals surface area contributed by atoms with Crippen molar-refractivity contribution in [2.45, 2.75) is 39.2 Å². The van der Waals surface area contributed by atoms with Crippen molar-refractivity contribution in [2.24, 2.45) is 14.1 Å². The summed E-state index contributed by atoms with van der Waals surface area (Å²) in [6.07, 6.45) is 1.84. The molecule has 12 nitrogen and oxygen atoms in total. The first-order valence-electron chi connectivity index (χ1n) is 11.7. The van der Waals surface area contributed by atoms with Gasteiger partial charge in [-0.1, -0.05) is 17.4 Å². The predicted molar refractivity (Wildman–Crippen MR) is 139 cm³/mol. The normalized spacial score (nSPS) is 15.6. The first-order chi connectivity index (χ1) is 17.6. The summed E-state index contributed by atoms with van der Waals surface area (Å²) in [7, 11) is 2.94. The summed E-state index contributed by atoms with van der Waals surface area (Å²) >= 11 is 1.25. The van der Waals surface area contributed by atoms with E-state index in [4.69, 9.17) is 0 Å². The molecule has 13 heteroatoms. The van der Waals surface area contributed by atoms with Crippen LogP contribution < -0.4 is 21.5 Å². The minimum Gasteiger partial charge on any atom is -0.324 e. The summed E-state index contributed by atoms with van der Waals surface area (Å²) in [5.74, 6) is -0.366. The molecule has 0 spiro atoms. The largest absolute Gasteiger partial charge is 0.332 e. The topological polar surface area (TPSA) is 137 Å². The van der Waals surface area contributed by atoms with Crippen LogP contribution in [0.1, 0.15) is 34.9 Å². The molecule has 3 aromatic heterocycles. The molecule has 4 aromatic rings. The highest BCUT2D eigenvalue weighted by Gasteiger charge is 2.34. The van der Waals surface area contributed by atoms with E-state index in [0.29, 0.717) is 23.1 Å². The van der Waals surface area contributed by atoms with Gasteiger partial charge in [0.2, 0.25) is 16.9 Å². The maximum absolute atomic E-state index is 12.7. The maximum Gasteiger partial charge on any atom is 0.332 e. The molecule has 1 unspecified atom stereocenters. The third kappa shape index (κ3) is 4.57. The highest BCUT2D eigenvalue weighted by Crippen LogP contribution is 2.34. The van der Waals surface area contributed by atoms with Gasteiger partial charge in [-0.25, -0.2) is 9.78 Å². The van der Waals surface area contributed by atoms with E-state index >= 15 is 0 Å². The van der Waals surface area contributed by atoms with Gasteiger partial charge in [0.15, 0.2) is 11.2 Å². The minimum absolute atomic E-state index is 0.0342. The molecule has 1 atom stereocenters. The molecule has 1 aromatic carbocycles. The third-order valence-electron chi connectivity index (χ3n) is 6.48. The summed E-state index contributed by atoms with van der Waals surface area (Å²) in [5, 5.41) is 12.1. The second-order valence-electron chi connectivity index (χ2n) is 9.31. The lowest BCUT2D eigenvalue weighted by atomic mass is 10.1. The monoisotopic (exact) mass is 522 g/mol. The second kappa shape index (κ2) is 9.39. The van der Waals surface area contributed by atoms with Crippen molar-refractivity contribution in [1.82, 2.24) is 28.9 Å². The Morgan fingerprint density at radius 1 is 1.08 bits per heavy atom. The van der Waals surface area contributed by atoms with Gasteiger partial charge in [0.25, 0.3) is 5.56 Å². The Bertz CT molecular complexity index is 1640. The molecule has 2 amide bonds. The molecule has 1 aliphatic heterocycles. The predicted octanol–water partition coefficient (Wildman–Crippen LogP) is 1.45. The van der Waals surface area contributed by atoms with Gasteiger partial charge in [-0.15, -0.1) is 10.2 Å². The average molecular weight is 523 g/mol. The van der Waals surface area contributed by atoms with Crippen LogP contribution in [0.5, 0.6) is 0 Å².